The normalized spacial score (nSPS) is 18.3. The molecule has 2 rings (SSSR count). The van der Waals surface area contributed by atoms with Gasteiger partial charge in [-0.05, 0) is 52.1 Å². The number of nitrogens with one attached hydrogen (secondary N) is 1. The third-order valence-corrected chi connectivity index (χ3v) is 4.38. The molecule has 1 aliphatic carbocycles. The van der Waals surface area contributed by atoms with E-state index in [4.69, 9.17) is 9.47 Å². The van der Waals surface area contributed by atoms with E-state index in [0.29, 0.717) is 0 Å². The topological polar surface area (TPSA) is 30.5 Å². The molecule has 0 bridgehead atoms. The summed E-state index contributed by atoms with van der Waals surface area (Å²) in [7, 11) is 1.85. The van der Waals surface area contributed by atoms with Crippen LogP contribution in [-0.4, -0.2) is 25.4 Å². The second kappa shape index (κ2) is 7.28. The fourth-order valence-electron chi connectivity index (χ4n) is 3.10. The van der Waals surface area contributed by atoms with E-state index in [9.17, 15) is 0 Å². The molecule has 118 valence electrons. The molecule has 0 spiro atoms. The number of benzene rings is 1. The molecule has 21 heavy (non-hydrogen) atoms. The summed E-state index contributed by atoms with van der Waals surface area (Å²) in [5.41, 5.74) is 1.30. The summed E-state index contributed by atoms with van der Waals surface area (Å²) in [6.07, 6.45) is 4.80. The Morgan fingerprint density at radius 3 is 2.48 bits per heavy atom. The first-order valence-electron chi connectivity index (χ1n) is 8.14. The molecule has 1 N–H and O–H groups in total. The van der Waals surface area contributed by atoms with Crippen molar-refractivity contribution >= 4 is 0 Å². The number of ether oxygens (including phenoxy) is 2. The zero-order chi connectivity index (χ0) is 15.3. The lowest BCUT2D eigenvalue weighted by Crippen LogP contribution is -2.43. The fourth-order valence-corrected chi connectivity index (χ4v) is 3.10. The molecule has 0 aromatic heterocycles. The number of para-hydroxylation sites is 1. The summed E-state index contributed by atoms with van der Waals surface area (Å²) in [5.74, 6) is 0.990. The summed E-state index contributed by atoms with van der Waals surface area (Å²) >= 11 is 0. The van der Waals surface area contributed by atoms with Gasteiger partial charge in [-0.3, -0.25) is 0 Å². The minimum atomic E-state index is 0.0534. The second-order valence-corrected chi connectivity index (χ2v) is 6.26. The van der Waals surface area contributed by atoms with Crippen molar-refractivity contribution in [2.24, 2.45) is 0 Å². The number of hydrogen-bond donors (Lipinski definition) is 1. The standard InChI is InChI=1S/C18H29NO2/c1-5-19-16(13-18(20-4)11-8-12-18)15-9-6-7-10-17(15)21-14(2)3/h6-7,9-10,14,16,19H,5,8,11-13H2,1-4H3. The van der Waals surface area contributed by atoms with Crippen LogP contribution in [0, 0.1) is 0 Å². The predicted molar refractivity (Wildman–Crippen MR) is 86.8 cm³/mol. The highest BCUT2D eigenvalue weighted by atomic mass is 16.5. The Kier molecular flexibility index (Phi) is 5.65. The molecule has 0 heterocycles. The highest BCUT2D eigenvalue weighted by molar-refractivity contribution is 5.36. The minimum absolute atomic E-state index is 0.0534. The second-order valence-electron chi connectivity index (χ2n) is 6.26. The number of rotatable bonds is 8. The highest BCUT2D eigenvalue weighted by Gasteiger charge is 2.39. The Hall–Kier alpha value is -1.06. The first kappa shape index (κ1) is 16.3. The Balaban J connectivity index is 2.21. The highest BCUT2D eigenvalue weighted by Crippen LogP contribution is 2.43. The summed E-state index contributed by atoms with van der Waals surface area (Å²) in [4.78, 5) is 0. The summed E-state index contributed by atoms with van der Waals surface area (Å²) in [6.45, 7) is 7.24. The van der Waals surface area contributed by atoms with Gasteiger partial charge in [-0.2, -0.15) is 0 Å². The monoisotopic (exact) mass is 291 g/mol. The van der Waals surface area contributed by atoms with E-state index in [2.05, 4.69) is 44.3 Å². The van der Waals surface area contributed by atoms with Gasteiger partial charge in [-0.1, -0.05) is 25.1 Å². The summed E-state index contributed by atoms with van der Waals surface area (Å²) in [6, 6.07) is 8.66. The predicted octanol–water partition coefficient (Wildman–Crippen LogP) is 4.08. The van der Waals surface area contributed by atoms with Crippen LogP contribution in [-0.2, 0) is 4.74 Å². The molecule has 1 aliphatic rings. The van der Waals surface area contributed by atoms with Gasteiger partial charge in [0.15, 0.2) is 0 Å². The molecule has 1 aromatic carbocycles. The van der Waals surface area contributed by atoms with Gasteiger partial charge in [0, 0.05) is 18.7 Å². The molecular weight excluding hydrogens is 262 g/mol. The molecule has 3 heteroatoms. The van der Waals surface area contributed by atoms with Crippen LogP contribution in [0.15, 0.2) is 24.3 Å². The van der Waals surface area contributed by atoms with E-state index >= 15 is 0 Å². The average Bonchev–Trinajstić information content (AvgIpc) is 2.42. The lowest BCUT2D eigenvalue weighted by atomic mass is 9.74. The minimum Gasteiger partial charge on any atom is -0.491 e. The van der Waals surface area contributed by atoms with Crippen molar-refractivity contribution in [3.8, 4) is 5.75 Å². The average molecular weight is 291 g/mol. The lowest BCUT2D eigenvalue weighted by Gasteiger charge is -2.43. The van der Waals surface area contributed by atoms with Gasteiger partial charge in [-0.15, -0.1) is 0 Å². The largest absolute Gasteiger partial charge is 0.491 e. The number of hydrogen-bond acceptors (Lipinski definition) is 3. The van der Waals surface area contributed by atoms with Crippen molar-refractivity contribution in [1.29, 1.82) is 0 Å². The molecule has 1 aromatic rings. The van der Waals surface area contributed by atoms with Crippen molar-refractivity contribution in [1.82, 2.24) is 5.32 Å². The van der Waals surface area contributed by atoms with Crippen LogP contribution in [0.2, 0.25) is 0 Å². The number of methoxy groups -OCH3 is 1. The van der Waals surface area contributed by atoms with Crippen LogP contribution in [0.4, 0.5) is 0 Å². The smallest absolute Gasteiger partial charge is 0.124 e. The molecule has 0 radical (unpaired) electrons. The van der Waals surface area contributed by atoms with Crippen molar-refractivity contribution < 1.29 is 9.47 Å². The quantitative estimate of drug-likeness (QED) is 0.782. The van der Waals surface area contributed by atoms with Crippen LogP contribution in [0.3, 0.4) is 0 Å². The van der Waals surface area contributed by atoms with Gasteiger partial charge in [0.2, 0.25) is 0 Å². The molecule has 0 saturated heterocycles. The Labute approximate surface area is 129 Å². The molecule has 1 fully saturated rings. The molecule has 0 aliphatic heterocycles. The zero-order valence-electron chi connectivity index (χ0n) is 13.8. The molecule has 0 amide bonds. The third-order valence-electron chi connectivity index (χ3n) is 4.38. The van der Waals surface area contributed by atoms with E-state index in [1.807, 2.05) is 13.2 Å². The lowest BCUT2D eigenvalue weighted by molar-refractivity contribution is -0.0838. The van der Waals surface area contributed by atoms with Gasteiger partial charge in [0.25, 0.3) is 0 Å². The van der Waals surface area contributed by atoms with Gasteiger partial charge in [-0.25, -0.2) is 0 Å². The molecule has 1 atom stereocenters. The van der Waals surface area contributed by atoms with Crippen molar-refractivity contribution in [3.05, 3.63) is 29.8 Å². The van der Waals surface area contributed by atoms with Gasteiger partial charge in [0.1, 0.15) is 5.75 Å². The summed E-state index contributed by atoms with van der Waals surface area (Å²) < 4.78 is 11.8. The maximum Gasteiger partial charge on any atom is 0.124 e. The van der Waals surface area contributed by atoms with Gasteiger partial charge >= 0.3 is 0 Å². The van der Waals surface area contributed by atoms with Crippen molar-refractivity contribution in [2.45, 2.75) is 64.2 Å². The van der Waals surface area contributed by atoms with Crippen LogP contribution >= 0.6 is 0 Å². The fraction of sp³-hybridized carbons (Fsp3) is 0.667. The molecular formula is C18H29NO2. The maximum absolute atomic E-state index is 5.99. The Morgan fingerprint density at radius 1 is 1.24 bits per heavy atom. The molecule has 3 nitrogen and oxygen atoms in total. The van der Waals surface area contributed by atoms with Gasteiger partial charge in [0.05, 0.1) is 11.7 Å². The van der Waals surface area contributed by atoms with Crippen LogP contribution in [0.5, 0.6) is 5.75 Å². The van der Waals surface area contributed by atoms with E-state index in [0.717, 1.165) is 18.7 Å². The molecule has 1 unspecified atom stereocenters. The maximum atomic E-state index is 5.99. The first-order chi connectivity index (χ1) is 10.1. The van der Waals surface area contributed by atoms with Gasteiger partial charge < -0.3 is 14.8 Å². The third kappa shape index (κ3) is 3.98. The van der Waals surface area contributed by atoms with E-state index in [1.54, 1.807) is 0 Å². The first-order valence-corrected chi connectivity index (χ1v) is 8.14. The van der Waals surface area contributed by atoms with Crippen LogP contribution < -0.4 is 10.1 Å². The van der Waals surface area contributed by atoms with Crippen molar-refractivity contribution in [3.63, 3.8) is 0 Å². The van der Waals surface area contributed by atoms with E-state index < -0.39 is 0 Å². The SMILES string of the molecule is CCNC(CC1(OC)CCC1)c1ccccc1OC(C)C. The van der Waals surface area contributed by atoms with Crippen LogP contribution in [0.25, 0.3) is 0 Å². The van der Waals surface area contributed by atoms with E-state index in [1.165, 1.54) is 24.8 Å². The van der Waals surface area contributed by atoms with E-state index in [-0.39, 0.29) is 17.7 Å². The molecule has 1 saturated carbocycles. The summed E-state index contributed by atoms with van der Waals surface area (Å²) in [5, 5.41) is 3.61. The van der Waals surface area contributed by atoms with Crippen molar-refractivity contribution in [2.75, 3.05) is 13.7 Å². The van der Waals surface area contributed by atoms with Crippen LogP contribution in [0.1, 0.15) is 58.1 Å². The Bertz CT molecular complexity index is 435. The Morgan fingerprint density at radius 2 is 1.95 bits per heavy atom. The zero-order valence-corrected chi connectivity index (χ0v) is 13.8.